The second-order valence-electron chi connectivity index (χ2n) is 7.48. The van der Waals surface area contributed by atoms with E-state index in [-0.39, 0.29) is 10.8 Å². The fraction of sp³-hybridized carbons (Fsp3) is 0.722. The Balaban J connectivity index is 1.22. The Morgan fingerprint density at radius 3 is 2.79 bits per heavy atom. The average Bonchev–Trinajstić information content (AvgIpc) is 3.35. The lowest BCUT2D eigenvalue weighted by Gasteiger charge is -2.35. The Bertz CT molecular complexity index is 899. The van der Waals surface area contributed by atoms with Gasteiger partial charge in [0.25, 0.3) is 0 Å². The van der Waals surface area contributed by atoms with Crippen LogP contribution in [0.25, 0.3) is 0 Å². The maximum Gasteiger partial charge on any atom is 0.246 e. The van der Waals surface area contributed by atoms with Gasteiger partial charge in [-0.25, -0.2) is 8.42 Å². The molecule has 29 heavy (non-hydrogen) atoms. The Labute approximate surface area is 170 Å². The molecule has 10 nitrogen and oxygen atoms in total. The molecular formula is C18H27N5O5S. The Morgan fingerprint density at radius 1 is 1.28 bits per heavy atom. The zero-order valence-electron chi connectivity index (χ0n) is 16.6. The lowest BCUT2D eigenvalue weighted by Crippen LogP contribution is -2.48. The van der Waals surface area contributed by atoms with Crippen molar-refractivity contribution >= 4 is 10.0 Å². The predicted molar refractivity (Wildman–Crippen MR) is 102 cm³/mol. The fourth-order valence-corrected chi connectivity index (χ4v) is 4.94. The van der Waals surface area contributed by atoms with E-state index in [0.717, 1.165) is 32.7 Å². The lowest BCUT2D eigenvalue weighted by molar-refractivity contribution is 0.0211. The Morgan fingerprint density at radius 2 is 2.07 bits per heavy atom. The second kappa shape index (κ2) is 8.90. The van der Waals surface area contributed by atoms with Crippen LogP contribution in [0.2, 0.25) is 0 Å². The van der Waals surface area contributed by atoms with Gasteiger partial charge in [-0.15, -0.1) is 0 Å². The second-order valence-corrected chi connectivity index (χ2v) is 9.42. The van der Waals surface area contributed by atoms with Crippen LogP contribution in [0.15, 0.2) is 21.8 Å². The summed E-state index contributed by atoms with van der Waals surface area (Å²) in [7, 11) is -3.52. The number of aryl methyl sites for hydroxylation is 1. The van der Waals surface area contributed by atoms with Gasteiger partial charge in [0.2, 0.25) is 15.9 Å². The van der Waals surface area contributed by atoms with Crippen LogP contribution in [0, 0.1) is 5.92 Å². The molecular weight excluding hydrogens is 398 g/mol. The van der Waals surface area contributed by atoms with E-state index >= 15 is 0 Å². The molecule has 0 aromatic carbocycles. The van der Waals surface area contributed by atoms with Gasteiger partial charge in [-0.2, -0.15) is 14.4 Å². The largest absolute Gasteiger partial charge is 0.381 e. The standard InChI is InChI=1S/C18H27N5O5S/c1-2-22-12-16(9-19-22)29(24,25)23-10-15(11-23)18-20-17(21-28-18)5-8-27-13-14-3-6-26-7-4-14/h9,12,14-15H,2-8,10-11,13H2,1H3. The van der Waals surface area contributed by atoms with Crippen LogP contribution in [0.4, 0.5) is 0 Å². The maximum atomic E-state index is 12.6. The van der Waals surface area contributed by atoms with Crippen LogP contribution in [0.1, 0.15) is 37.4 Å². The first kappa shape index (κ1) is 20.5. The molecule has 0 bridgehead atoms. The van der Waals surface area contributed by atoms with Gasteiger partial charge in [-0.05, 0) is 25.7 Å². The minimum atomic E-state index is -3.52. The molecule has 160 valence electrons. The van der Waals surface area contributed by atoms with Gasteiger partial charge in [-0.3, -0.25) is 4.68 Å². The first-order chi connectivity index (χ1) is 14.1. The third-order valence-electron chi connectivity index (χ3n) is 5.42. The number of hydrogen-bond donors (Lipinski definition) is 0. The molecule has 2 aliphatic rings. The van der Waals surface area contributed by atoms with E-state index in [9.17, 15) is 8.42 Å². The number of rotatable bonds is 9. The van der Waals surface area contributed by atoms with Crippen molar-refractivity contribution in [3.63, 3.8) is 0 Å². The summed E-state index contributed by atoms with van der Waals surface area (Å²) in [5, 5.41) is 8.04. The zero-order chi connectivity index (χ0) is 20.3. The fourth-order valence-electron chi connectivity index (χ4n) is 3.45. The minimum Gasteiger partial charge on any atom is -0.381 e. The SMILES string of the molecule is CCn1cc(S(=O)(=O)N2CC(c3nc(CCOCC4CCOCC4)no3)C2)cn1. The van der Waals surface area contributed by atoms with E-state index in [1.54, 1.807) is 10.9 Å². The molecule has 0 spiro atoms. The molecule has 0 amide bonds. The van der Waals surface area contributed by atoms with Gasteiger partial charge in [0.1, 0.15) is 4.90 Å². The normalized spacial score (nSPS) is 19.5. The molecule has 2 aromatic rings. The predicted octanol–water partition coefficient (Wildman–Crippen LogP) is 1.06. The van der Waals surface area contributed by atoms with Crippen LogP contribution in [-0.2, 0) is 32.5 Å². The highest BCUT2D eigenvalue weighted by Gasteiger charge is 2.40. The van der Waals surface area contributed by atoms with E-state index < -0.39 is 10.0 Å². The van der Waals surface area contributed by atoms with Gasteiger partial charge in [0.15, 0.2) is 5.82 Å². The molecule has 0 saturated carbocycles. The quantitative estimate of drug-likeness (QED) is 0.548. The third kappa shape index (κ3) is 4.68. The molecule has 2 saturated heterocycles. The van der Waals surface area contributed by atoms with Gasteiger partial charge in [0.05, 0.1) is 18.7 Å². The highest BCUT2D eigenvalue weighted by Crippen LogP contribution is 2.31. The van der Waals surface area contributed by atoms with Crippen LogP contribution >= 0.6 is 0 Å². The Hall–Kier alpha value is -1.82. The summed E-state index contributed by atoms with van der Waals surface area (Å²) < 4.78 is 44.6. The molecule has 2 aromatic heterocycles. The number of sulfonamides is 1. The van der Waals surface area contributed by atoms with Gasteiger partial charge in [0, 0.05) is 52.1 Å². The van der Waals surface area contributed by atoms with Crippen molar-refractivity contribution in [2.75, 3.05) is 39.5 Å². The number of aromatic nitrogens is 4. The molecule has 11 heteroatoms. The number of hydrogen-bond acceptors (Lipinski definition) is 8. The molecule has 0 N–H and O–H groups in total. The van der Waals surface area contributed by atoms with Gasteiger partial charge < -0.3 is 14.0 Å². The third-order valence-corrected chi connectivity index (χ3v) is 7.20. The van der Waals surface area contributed by atoms with Crippen molar-refractivity contribution in [1.82, 2.24) is 24.2 Å². The minimum absolute atomic E-state index is 0.0737. The van der Waals surface area contributed by atoms with Crippen LogP contribution in [0.3, 0.4) is 0 Å². The molecule has 4 heterocycles. The maximum absolute atomic E-state index is 12.6. The molecule has 4 rings (SSSR count). The van der Waals surface area contributed by atoms with Crippen LogP contribution in [-0.4, -0.2) is 72.2 Å². The van der Waals surface area contributed by atoms with Gasteiger partial charge >= 0.3 is 0 Å². The summed E-state index contributed by atoms with van der Waals surface area (Å²) >= 11 is 0. The molecule has 0 radical (unpaired) electrons. The van der Waals surface area contributed by atoms with Crippen molar-refractivity contribution in [3.8, 4) is 0 Å². The average molecular weight is 426 g/mol. The summed E-state index contributed by atoms with van der Waals surface area (Å²) in [6.45, 7) is 6.12. The lowest BCUT2D eigenvalue weighted by atomic mass is 10.0. The summed E-state index contributed by atoms with van der Waals surface area (Å²) in [5.74, 6) is 1.57. The van der Waals surface area contributed by atoms with Crippen LogP contribution < -0.4 is 0 Å². The smallest absolute Gasteiger partial charge is 0.246 e. The summed E-state index contributed by atoms with van der Waals surface area (Å²) in [4.78, 5) is 4.62. The molecule has 0 aliphatic carbocycles. The van der Waals surface area contributed by atoms with E-state index in [4.69, 9.17) is 14.0 Å². The summed E-state index contributed by atoms with van der Waals surface area (Å²) in [5.41, 5.74) is 0. The zero-order valence-corrected chi connectivity index (χ0v) is 17.4. The topological polar surface area (TPSA) is 113 Å². The van der Waals surface area contributed by atoms with E-state index in [1.165, 1.54) is 10.5 Å². The van der Waals surface area contributed by atoms with Gasteiger partial charge in [-0.1, -0.05) is 5.16 Å². The first-order valence-corrected chi connectivity index (χ1v) is 11.5. The Kier molecular flexibility index (Phi) is 6.28. The summed E-state index contributed by atoms with van der Waals surface area (Å²) in [6, 6.07) is 0. The highest BCUT2D eigenvalue weighted by molar-refractivity contribution is 7.89. The highest BCUT2D eigenvalue weighted by atomic mass is 32.2. The monoisotopic (exact) mass is 425 g/mol. The van der Waals surface area contributed by atoms with Crippen molar-refractivity contribution in [3.05, 3.63) is 24.1 Å². The van der Waals surface area contributed by atoms with Crippen molar-refractivity contribution in [1.29, 1.82) is 0 Å². The molecule has 0 atom stereocenters. The summed E-state index contributed by atoms with van der Waals surface area (Å²) in [6.07, 6.45) is 5.61. The molecule has 2 aliphatic heterocycles. The number of nitrogens with zero attached hydrogens (tertiary/aromatic N) is 5. The van der Waals surface area contributed by atoms with Crippen molar-refractivity contribution in [2.45, 2.75) is 43.5 Å². The van der Waals surface area contributed by atoms with E-state index in [2.05, 4.69) is 15.2 Å². The van der Waals surface area contributed by atoms with Crippen molar-refractivity contribution in [2.24, 2.45) is 5.92 Å². The van der Waals surface area contributed by atoms with E-state index in [1.807, 2.05) is 6.92 Å². The molecule has 0 unspecified atom stereocenters. The number of ether oxygens (including phenoxy) is 2. The first-order valence-electron chi connectivity index (χ1n) is 10.1. The molecule has 2 fully saturated rings. The van der Waals surface area contributed by atoms with Crippen molar-refractivity contribution < 1.29 is 22.4 Å². The van der Waals surface area contributed by atoms with E-state index in [0.29, 0.717) is 50.3 Å². The van der Waals surface area contributed by atoms with Crippen LogP contribution in [0.5, 0.6) is 0 Å².